The van der Waals surface area contributed by atoms with Gasteiger partial charge in [0.1, 0.15) is 0 Å². The Hall–Kier alpha value is -2.09. The Morgan fingerprint density at radius 3 is 2.65 bits per heavy atom. The minimum Gasteiger partial charge on any atom is -0.350 e. The maximum atomic E-state index is 11.9. The van der Waals surface area contributed by atoms with E-state index in [2.05, 4.69) is 47.8 Å². The van der Waals surface area contributed by atoms with Crippen molar-refractivity contribution in [3.63, 3.8) is 0 Å². The van der Waals surface area contributed by atoms with Gasteiger partial charge in [-0.05, 0) is 48.1 Å². The first-order chi connectivity index (χ1) is 11.3. The van der Waals surface area contributed by atoms with E-state index in [0.29, 0.717) is 6.04 Å². The molecule has 2 heteroatoms. The Morgan fingerprint density at radius 2 is 1.83 bits per heavy atom. The summed E-state index contributed by atoms with van der Waals surface area (Å²) in [5.74, 6) is 0.0652. The van der Waals surface area contributed by atoms with Gasteiger partial charge in [-0.3, -0.25) is 4.79 Å². The lowest BCUT2D eigenvalue weighted by atomic mass is 9.95. The smallest absolute Gasteiger partial charge is 0.243 e. The predicted octanol–water partition coefficient (Wildman–Crippen LogP) is 4.78. The second kappa shape index (κ2) is 7.96. The van der Waals surface area contributed by atoms with Gasteiger partial charge in [-0.2, -0.15) is 0 Å². The van der Waals surface area contributed by atoms with Crippen molar-refractivity contribution in [2.45, 2.75) is 51.0 Å². The largest absolute Gasteiger partial charge is 0.350 e. The molecule has 2 aromatic rings. The third-order valence-electron chi connectivity index (χ3n) is 4.63. The predicted molar refractivity (Wildman–Crippen MR) is 96.4 cm³/mol. The first kappa shape index (κ1) is 15.8. The summed E-state index contributed by atoms with van der Waals surface area (Å²) in [7, 11) is 0. The highest BCUT2D eigenvalue weighted by Gasteiger charge is 2.13. The summed E-state index contributed by atoms with van der Waals surface area (Å²) in [5.41, 5.74) is 1.32. The van der Waals surface area contributed by atoms with Gasteiger partial charge in [-0.1, -0.05) is 67.8 Å². The molecule has 0 atom stereocenters. The van der Waals surface area contributed by atoms with E-state index < -0.39 is 0 Å². The number of aryl methyl sites for hydroxylation is 1. The zero-order valence-electron chi connectivity index (χ0n) is 13.6. The summed E-state index contributed by atoms with van der Waals surface area (Å²) >= 11 is 0. The molecule has 2 nitrogen and oxygen atoms in total. The van der Waals surface area contributed by atoms with Gasteiger partial charge in [-0.15, -0.1) is 0 Å². The van der Waals surface area contributed by atoms with Gasteiger partial charge in [0.2, 0.25) is 5.91 Å². The van der Waals surface area contributed by atoms with Crippen LogP contribution in [0.4, 0.5) is 0 Å². The van der Waals surface area contributed by atoms with Crippen molar-refractivity contribution in [1.82, 2.24) is 5.32 Å². The fraction of sp³-hybridized carbons (Fsp3) is 0.381. The number of carbonyl (C=O) groups is 1. The molecule has 3 rings (SSSR count). The van der Waals surface area contributed by atoms with Crippen LogP contribution >= 0.6 is 0 Å². The maximum Gasteiger partial charge on any atom is 0.243 e. The van der Waals surface area contributed by atoms with Crippen LogP contribution < -0.4 is 5.32 Å². The fourth-order valence-corrected chi connectivity index (χ4v) is 3.33. The molecule has 1 aliphatic rings. The molecule has 0 radical (unpaired) electrons. The van der Waals surface area contributed by atoms with Gasteiger partial charge in [0.15, 0.2) is 0 Å². The number of amides is 1. The van der Waals surface area contributed by atoms with Crippen molar-refractivity contribution in [2.75, 3.05) is 0 Å². The van der Waals surface area contributed by atoms with Gasteiger partial charge >= 0.3 is 0 Å². The third-order valence-corrected chi connectivity index (χ3v) is 4.63. The molecular weight excluding hydrogens is 282 g/mol. The highest BCUT2D eigenvalue weighted by atomic mass is 16.1. The van der Waals surface area contributed by atoms with E-state index in [9.17, 15) is 4.79 Å². The summed E-state index contributed by atoms with van der Waals surface area (Å²) in [6.45, 7) is 0. The van der Waals surface area contributed by atoms with E-state index in [1.165, 1.54) is 35.6 Å². The maximum absolute atomic E-state index is 11.9. The molecule has 0 saturated heterocycles. The number of carbonyl (C=O) groups excluding carboxylic acids is 1. The van der Waals surface area contributed by atoms with Gasteiger partial charge in [0, 0.05) is 6.04 Å². The zero-order chi connectivity index (χ0) is 15.9. The second-order valence-corrected chi connectivity index (χ2v) is 6.47. The first-order valence-corrected chi connectivity index (χ1v) is 8.76. The van der Waals surface area contributed by atoms with Crippen LogP contribution in [0.3, 0.4) is 0 Å². The molecule has 0 bridgehead atoms. The Morgan fingerprint density at radius 1 is 1.04 bits per heavy atom. The van der Waals surface area contributed by atoms with E-state index in [1.54, 1.807) is 6.08 Å². The van der Waals surface area contributed by atoms with E-state index in [1.807, 2.05) is 6.08 Å². The second-order valence-electron chi connectivity index (χ2n) is 6.47. The number of hydrogen-bond acceptors (Lipinski definition) is 1. The summed E-state index contributed by atoms with van der Waals surface area (Å²) in [6.07, 6.45) is 11.6. The minimum absolute atomic E-state index is 0.0652. The Balaban J connectivity index is 1.46. The quantitative estimate of drug-likeness (QED) is 0.792. The number of fused-ring (bicyclic) bond motifs is 1. The molecule has 120 valence electrons. The highest BCUT2D eigenvalue weighted by Crippen LogP contribution is 2.18. The fourth-order valence-electron chi connectivity index (χ4n) is 3.33. The van der Waals surface area contributed by atoms with Crippen molar-refractivity contribution in [1.29, 1.82) is 0 Å². The summed E-state index contributed by atoms with van der Waals surface area (Å²) in [5, 5.41) is 5.67. The van der Waals surface area contributed by atoms with E-state index in [0.717, 1.165) is 25.7 Å². The summed E-state index contributed by atoms with van der Waals surface area (Å²) in [4.78, 5) is 11.9. The SMILES string of the molecule is O=C(C=CCCc1ccc2ccccc2c1)NC1CCCCC1. The molecule has 0 heterocycles. The van der Waals surface area contributed by atoms with Crippen molar-refractivity contribution in [3.8, 4) is 0 Å². The van der Waals surface area contributed by atoms with E-state index in [4.69, 9.17) is 0 Å². The molecule has 0 aliphatic heterocycles. The third kappa shape index (κ3) is 4.69. The number of hydrogen-bond donors (Lipinski definition) is 1. The normalized spacial score (nSPS) is 16.0. The monoisotopic (exact) mass is 307 g/mol. The zero-order valence-corrected chi connectivity index (χ0v) is 13.6. The summed E-state index contributed by atoms with van der Waals surface area (Å²) < 4.78 is 0. The molecule has 1 saturated carbocycles. The van der Waals surface area contributed by atoms with Crippen LogP contribution in [0.5, 0.6) is 0 Å². The van der Waals surface area contributed by atoms with Gasteiger partial charge in [0.25, 0.3) is 0 Å². The molecule has 0 spiro atoms. The van der Waals surface area contributed by atoms with Crippen LogP contribution in [0.1, 0.15) is 44.1 Å². The van der Waals surface area contributed by atoms with Crippen LogP contribution in [-0.4, -0.2) is 11.9 Å². The Labute approximate surface area is 138 Å². The van der Waals surface area contributed by atoms with Crippen LogP contribution in [0, 0.1) is 0 Å². The molecule has 23 heavy (non-hydrogen) atoms. The van der Waals surface area contributed by atoms with Crippen LogP contribution in [0.15, 0.2) is 54.6 Å². The topological polar surface area (TPSA) is 29.1 Å². The highest BCUT2D eigenvalue weighted by molar-refractivity contribution is 5.87. The molecule has 1 amide bonds. The first-order valence-electron chi connectivity index (χ1n) is 8.76. The molecule has 1 aliphatic carbocycles. The lowest BCUT2D eigenvalue weighted by Crippen LogP contribution is -2.35. The van der Waals surface area contributed by atoms with E-state index >= 15 is 0 Å². The number of nitrogens with one attached hydrogen (secondary N) is 1. The van der Waals surface area contributed by atoms with Gasteiger partial charge < -0.3 is 5.32 Å². The molecular formula is C21H25NO. The Kier molecular flexibility index (Phi) is 5.46. The standard InChI is InChI=1S/C21H25NO/c23-21(22-20-11-2-1-3-12-20)13-7-4-8-17-14-15-18-9-5-6-10-19(18)16-17/h5-7,9-10,13-16,20H,1-4,8,11-12H2,(H,22,23). The van der Waals surface area contributed by atoms with Crippen molar-refractivity contribution < 1.29 is 4.79 Å². The summed E-state index contributed by atoms with van der Waals surface area (Å²) in [6, 6.07) is 15.4. The van der Waals surface area contributed by atoms with Gasteiger partial charge in [-0.25, -0.2) is 0 Å². The molecule has 1 N–H and O–H groups in total. The van der Waals surface area contributed by atoms with Crippen molar-refractivity contribution >= 4 is 16.7 Å². The lowest BCUT2D eigenvalue weighted by Gasteiger charge is -2.21. The molecule has 0 aromatic heterocycles. The van der Waals surface area contributed by atoms with E-state index in [-0.39, 0.29) is 5.91 Å². The van der Waals surface area contributed by atoms with Crippen LogP contribution in [0.2, 0.25) is 0 Å². The van der Waals surface area contributed by atoms with Crippen LogP contribution in [-0.2, 0) is 11.2 Å². The lowest BCUT2D eigenvalue weighted by molar-refractivity contribution is -0.117. The van der Waals surface area contributed by atoms with Crippen molar-refractivity contribution in [2.24, 2.45) is 0 Å². The van der Waals surface area contributed by atoms with Gasteiger partial charge in [0.05, 0.1) is 0 Å². The average molecular weight is 307 g/mol. The van der Waals surface area contributed by atoms with Crippen LogP contribution in [0.25, 0.3) is 10.8 Å². The Bertz CT molecular complexity index is 683. The average Bonchev–Trinajstić information content (AvgIpc) is 2.59. The number of rotatable bonds is 5. The molecule has 2 aromatic carbocycles. The number of benzene rings is 2. The molecule has 1 fully saturated rings. The molecule has 0 unspecified atom stereocenters. The van der Waals surface area contributed by atoms with Crippen molar-refractivity contribution in [3.05, 3.63) is 60.2 Å². The minimum atomic E-state index is 0.0652. The number of allylic oxidation sites excluding steroid dienone is 1.